The van der Waals surface area contributed by atoms with Crippen LogP contribution >= 0.6 is 12.2 Å². The van der Waals surface area contributed by atoms with Crippen LogP contribution in [0.15, 0.2) is 18.2 Å². The Morgan fingerprint density at radius 2 is 2.21 bits per heavy atom. The molecule has 3 rings (SSSR count). The molecule has 1 aliphatic rings. The van der Waals surface area contributed by atoms with Crippen molar-refractivity contribution < 1.29 is 4.39 Å². The highest BCUT2D eigenvalue weighted by molar-refractivity contribution is 7.71. The van der Waals surface area contributed by atoms with Gasteiger partial charge in [-0.05, 0) is 55.1 Å². The first-order valence-electron chi connectivity index (χ1n) is 7.01. The smallest absolute Gasteiger partial charge is 0.178 e. The minimum atomic E-state index is -0.201. The quantitative estimate of drug-likeness (QED) is 0.780. The number of aromatic amines is 1. The molecule has 1 aromatic heterocycles. The Bertz CT molecular complexity index is 658. The van der Waals surface area contributed by atoms with E-state index in [1.165, 1.54) is 18.9 Å². The maximum Gasteiger partial charge on any atom is 0.178 e. The van der Waals surface area contributed by atoms with Gasteiger partial charge in [-0.25, -0.2) is 4.39 Å². The van der Waals surface area contributed by atoms with Crippen LogP contribution in [0.3, 0.4) is 0 Å². The van der Waals surface area contributed by atoms with E-state index in [0.717, 1.165) is 23.4 Å². The summed E-state index contributed by atoms with van der Waals surface area (Å²) < 4.78 is 16.3. The maximum absolute atomic E-state index is 13.5. The van der Waals surface area contributed by atoms with Crippen molar-refractivity contribution in [2.75, 3.05) is 0 Å². The van der Waals surface area contributed by atoms with Crippen LogP contribution in [0.1, 0.15) is 39.2 Å². The average molecular weight is 278 g/mol. The summed E-state index contributed by atoms with van der Waals surface area (Å²) in [5.74, 6) is 1.15. The Kier molecular flexibility index (Phi) is 3.21. The SMILES string of the molecule is CCC1CCC(n2c(=S)[nH]c3ccc(F)cc32)C1C. The topological polar surface area (TPSA) is 20.7 Å². The second kappa shape index (κ2) is 4.75. The van der Waals surface area contributed by atoms with Gasteiger partial charge < -0.3 is 9.55 Å². The van der Waals surface area contributed by atoms with E-state index < -0.39 is 0 Å². The lowest BCUT2D eigenvalue weighted by Gasteiger charge is -2.21. The van der Waals surface area contributed by atoms with Crippen molar-refractivity contribution in [1.82, 2.24) is 9.55 Å². The third-order valence-electron chi connectivity index (χ3n) is 4.72. The fourth-order valence-electron chi connectivity index (χ4n) is 3.59. The molecule has 102 valence electrons. The zero-order chi connectivity index (χ0) is 13.6. The predicted octanol–water partition coefficient (Wildman–Crippen LogP) is 4.84. The molecule has 0 spiro atoms. The zero-order valence-electron chi connectivity index (χ0n) is 11.3. The molecule has 3 unspecified atom stereocenters. The van der Waals surface area contributed by atoms with Gasteiger partial charge in [0.05, 0.1) is 11.0 Å². The molecular weight excluding hydrogens is 259 g/mol. The van der Waals surface area contributed by atoms with Gasteiger partial charge in [-0.2, -0.15) is 0 Å². The highest BCUT2D eigenvalue weighted by atomic mass is 32.1. The molecule has 4 heteroatoms. The normalized spacial score (nSPS) is 27.2. The molecule has 0 aliphatic heterocycles. The summed E-state index contributed by atoms with van der Waals surface area (Å²) in [5, 5.41) is 0. The van der Waals surface area contributed by atoms with Crippen LogP contribution in [0.5, 0.6) is 0 Å². The van der Waals surface area contributed by atoms with Crippen molar-refractivity contribution in [2.45, 2.75) is 39.2 Å². The summed E-state index contributed by atoms with van der Waals surface area (Å²) >= 11 is 5.45. The number of hydrogen-bond acceptors (Lipinski definition) is 1. The predicted molar refractivity (Wildman–Crippen MR) is 78.3 cm³/mol. The number of rotatable bonds is 2. The first-order chi connectivity index (χ1) is 9.11. The molecule has 0 amide bonds. The van der Waals surface area contributed by atoms with E-state index in [-0.39, 0.29) is 5.82 Å². The van der Waals surface area contributed by atoms with Crippen LogP contribution in [0.2, 0.25) is 0 Å². The largest absolute Gasteiger partial charge is 0.331 e. The Morgan fingerprint density at radius 1 is 1.42 bits per heavy atom. The van der Waals surface area contributed by atoms with Crippen molar-refractivity contribution in [3.63, 3.8) is 0 Å². The number of hydrogen-bond donors (Lipinski definition) is 1. The van der Waals surface area contributed by atoms with Crippen LogP contribution in [-0.4, -0.2) is 9.55 Å². The number of fused-ring (bicyclic) bond motifs is 1. The van der Waals surface area contributed by atoms with Gasteiger partial charge in [0.1, 0.15) is 5.82 Å². The second-order valence-electron chi connectivity index (χ2n) is 5.63. The fourth-order valence-corrected chi connectivity index (χ4v) is 3.93. The summed E-state index contributed by atoms with van der Waals surface area (Å²) in [6.07, 6.45) is 3.59. The van der Waals surface area contributed by atoms with Crippen molar-refractivity contribution in [1.29, 1.82) is 0 Å². The molecule has 0 radical (unpaired) electrons. The van der Waals surface area contributed by atoms with E-state index in [4.69, 9.17) is 12.2 Å². The van der Waals surface area contributed by atoms with Gasteiger partial charge in [0, 0.05) is 6.04 Å². The van der Waals surface area contributed by atoms with Gasteiger partial charge in [0.15, 0.2) is 4.77 Å². The summed E-state index contributed by atoms with van der Waals surface area (Å²) in [6.45, 7) is 4.55. The molecule has 0 bridgehead atoms. The van der Waals surface area contributed by atoms with Crippen LogP contribution in [0, 0.1) is 22.4 Å². The standard InChI is InChI=1S/C15H19FN2S/c1-3-10-4-7-13(9(10)2)18-14-8-11(16)5-6-12(14)17-15(18)19/h5-6,8-10,13H,3-4,7H2,1-2H3,(H,17,19). The number of imidazole rings is 1. The molecule has 1 N–H and O–H groups in total. The van der Waals surface area contributed by atoms with Gasteiger partial charge in [-0.3, -0.25) is 0 Å². The number of aromatic nitrogens is 2. The third kappa shape index (κ3) is 2.02. The number of halogens is 1. The van der Waals surface area contributed by atoms with E-state index in [0.29, 0.717) is 16.7 Å². The summed E-state index contributed by atoms with van der Waals surface area (Å²) in [7, 11) is 0. The lowest BCUT2D eigenvalue weighted by molar-refractivity contribution is 0.332. The molecule has 0 saturated heterocycles. The minimum absolute atomic E-state index is 0.201. The molecule has 1 saturated carbocycles. The van der Waals surface area contributed by atoms with E-state index in [1.807, 2.05) is 0 Å². The minimum Gasteiger partial charge on any atom is -0.331 e. The molecule has 2 aromatic rings. The fraction of sp³-hybridized carbons (Fsp3) is 0.533. The van der Waals surface area contributed by atoms with Crippen LogP contribution in [0.4, 0.5) is 4.39 Å². The van der Waals surface area contributed by atoms with Crippen LogP contribution in [-0.2, 0) is 0 Å². The molecule has 1 fully saturated rings. The van der Waals surface area contributed by atoms with Gasteiger partial charge in [-0.15, -0.1) is 0 Å². The van der Waals surface area contributed by atoms with Gasteiger partial charge >= 0.3 is 0 Å². The highest BCUT2D eigenvalue weighted by Crippen LogP contribution is 2.43. The lowest BCUT2D eigenvalue weighted by atomic mass is 9.93. The molecule has 1 aliphatic carbocycles. The van der Waals surface area contributed by atoms with Crippen molar-refractivity contribution in [3.05, 3.63) is 28.8 Å². The molecule has 2 nitrogen and oxygen atoms in total. The molecule has 19 heavy (non-hydrogen) atoms. The Balaban J connectivity index is 2.12. The zero-order valence-corrected chi connectivity index (χ0v) is 12.1. The molecule has 3 atom stereocenters. The van der Waals surface area contributed by atoms with E-state index in [2.05, 4.69) is 23.4 Å². The van der Waals surface area contributed by atoms with Gasteiger partial charge in [-0.1, -0.05) is 20.3 Å². The van der Waals surface area contributed by atoms with E-state index >= 15 is 0 Å². The van der Waals surface area contributed by atoms with Crippen LogP contribution in [0.25, 0.3) is 11.0 Å². The van der Waals surface area contributed by atoms with E-state index in [9.17, 15) is 4.39 Å². The first-order valence-corrected chi connectivity index (χ1v) is 7.42. The summed E-state index contributed by atoms with van der Waals surface area (Å²) in [5.41, 5.74) is 1.83. The third-order valence-corrected chi connectivity index (χ3v) is 5.02. The molecular formula is C15H19FN2S. The number of benzene rings is 1. The number of H-pyrrole nitrogens is 1. The molecule has 1 aromatic carbocycles. The summed E-state index contributed by atoms with van der Waals surface area (Å²) in [4.78, 5) is 3.20. The lowest BCUT2D eigenvalue weighted by Crippen LogP contribution is -2.15. The Labute approximate surface area is 117 Å². The second-order valence-corrected chi connectivity index (χ2v) is 6.02. The Hall–Kier alpha value is -1.16. The summed E-state index contributed by atoms with van der Waals surface area (Å²) in [6, 6.07) is 5.24. The maximum atomic E-state index is 13.5. The monoisotopic (exact) mass is 278 g/mol. The van der Waals surface area contributed by atoms with Crippen LogP contribution < -0.4 is 0 Å². The Morgan fingerprint density at radius 3 is 2.89 bits per heavy atom. The van der Waals surface area contributed by atoms with Crippen molar-refractivity contribution in [3.8, 4) is 0 Å². The number of nitrogens with one attached hydrogen (secondary N) is 1. The van der Waals surface area contributed by atoms with E-state index in [1.54, 1.807) is 12.1 Å². The highest BCUT2D eigenvalue weighted by Gasteiger charge is 2.33. The first kappa shape index (κ1) is 12.9. The average Bonchev–Trinajstić information content (AvgIpc) is 2.89. The van der Waals surface area contributed by atoms with Gasteiger partial charge in [0.2, 0.25) is 0 Å². The van der Waals surface area contributed by atoms with Crippen molar-refractivity contribution >= 4 is 23.3 Å². The van der Waals surface area contributed by atoms with Crippen molar-refractivity contribution in [2.24, 2.45) is 11.8 Å². The molecule has 1 heterocycles. The number of nitrogens with zero attached hydrogens (tertiary/aromatic N) is 1. The van der Waals surface area contributed by atoms with Gasteiger partial charge in [0.25, 0.3) is 0 Å².